The molecule has 2 rings (SSSR count). The van der Waals surface area contributed by atoms with Gasteiger partial charge < -0.3 is 10.6 Å². The maximum absolute atomic E-state index is 12.0. The van der Waals surface area contributed by atoms with Gasteiger partial charge in [0.1, 0.15) is 0 Å². The lowest BCUT2D eigenvalue weighted by Gasteiger charge is -2.10. The maximum Gasteiger partial charge on any atom is 0.323 e. The summed E-state index contributed by atoms with van der Waals surface area (Å²) in [6.45, 7) is 3.46. The van der Waals surface area contributed by atoms with Gasteiger partial charge in [-0.15, -0.1) is 0 Å². The number of hydrogen-bond acceptors (Lipinski definition) is 2. The third kappa shape index (κ3) is 4.16. The Morgan fingerprint density at radius 3 is 2.29 bits per heavy atom. The first-order valence-corrected chi connectivity index (χ1v) is 7.20. The minimum absolute atomic E-state index is 0.00491. The molecule has 0 aliphatic carbocycles. The SMILES string of the molecule is CC(=O)c1ccc(NC(=O)Nc2cc(C)ccc2Br)cc1. The van der Waals surface area contributed by atoms with E-state index < -0.39 is 0 Å². The second-order valence-corrected chi connectivity index (χ2v) is 5.55. The molecule has 0 fully saturated rings. The zero-order chi connectivity index (χ0) is 15.4. The number of nitrogens with one attached hydrogen (secondary N) is 2. The van der Waals surface area contributed by atoms with Crippen molar-refractivity contribution in [3.05, 3.63) is 58.1 Å². The Morgan fingerprint density at radius 1 is 1.00 bits per heavy atom. The average molecular weight is 347 g/mol. The molecule has 4 nitrogen and oxygen atoms in total. The van der Waals surface area contributed by atoms with Crippen molar-refractivity contribution in [3.63, 3.8) is 0 Å². The summed E-state index contributed by atoms with van der Waals surface area (Å²) in [6, 6.07) is 12.1. The highest BCUT2D eigenvalue weighted by atomic mass is 79.9. The van der Waals surface area contributed by atoms with Gasteiger partial charge in [-0.1, -0.05) is 6.07 Å². The van der Waals surface area contributed by atoms with E-state index in [2.05, 4.69) is 26.6 Å². The maximum atomic E-state index is 12.0. The number of Topliss-reactive ketones (excluding diaryl/α,β-unsaturated/α-hetero) is 1. The van der Waals surface area contributed by atoms with Gasteiger partial charge in [0.15, 0.2) is 5.78 Å². The molecule has 0 heterocycles. The summed E-state index contributed by atoms with van der Waals surface area (Å²) >= 11 is 3.39. The number of halogens is 1. The Balaban J connectivity index is 2.04. The van der Waals surface area contributed by atoms with Crippen LogP contribution < -0.4 is 10.6 Å². The lowest BCUT2D eigenvalue weighted by atomic mass is 10.1. The molecule has 2 amide bonds. The molecule has 0 atom stereocenters. The Labute approximate surface area is 131 Å². The van der Waals surface area contributed by atoms with E-state index in [1.807, 2.05) is 25.1 Å². The van der Waals surface area contributed by atoms with E-state index in [0.717, 1.165) is 10.0 Å². The Morgan fingerprint density at radius 2 is 1.67 bits per heavy atom. The van der Waals surface area contributed by atoms with Crippen molar-refractivity contribution in [1.82, 2.24) is 0 Å². The van der Waals surface area contributed by atoms with Crippen LogP contribution in [0.1, 0.15) is 22.8 Å². The molecule has 108 valence electrons. The number of anilines is 2. The number of ketones is 1. The van der Waals surface area contributed by atoms with Crippen molar-refractivity contribution in [2.24, 2.45) is 0 Å². The Hall–Kier alpha value is -2.14. The predicted octanol–water partition coefficient (Wildman–Crippen LogP) is 4.60. The number of urea groups is 1. The predicted molar refractivity (Wildman–Crippen MR) is 88.0 cm³/mol. The minimum atomic E-state index is -0.336. The van der Waals surface area contributed by atoms with Crippen LogP contribution in [0.3, 0.4) is 0 Å². The molecule has 5 heteroatoms. The summed E-state index contributed by atoms with van der Waals surface area (Å²) in [4.78, 5) is 23.1. The summed E-state index contributed by atoms with van der Waals surface area (Å²) in [5.41, 5.74) is 3.00. The fraction of sp³-hybridized carbons (Fsp3) is 0.125. The van der Waals surface area contributed by atoms with Gasteiger partial charge in [0, 0.05) is 15.7 Å². The number of rotatable bonds is 3. The van der Waals surface area contributed by atoms with E-state index in [0.29, 0.717) is 16.9 Å². The second-order valence-electron chi connectivity index (χ2n) is 4.70. The highest BCUT2D eigenvalue weighted by Gasteiger charge is 2.06. The molecule has 2 aromatic rings. The van der Waals surface area contributed by atoms with Gasteiger partial charge in [0.2, 0.25) is 0 Å². The van der Waals surface area contributed by atoms with Crippen LogP contribution in [0.5, 0.6) is 0 Å². The fourth-order valence-electron chi connectivity index (χ4n) is 1.81. The fourth-order valence-corrected chi connectivity index (χ4v) is 2.15. The summed E-state index contributed by atoms with van der Waals surface area (Å²) in [5, 5.41) is 5.49. The van der Waals surface area contributed by atoms with Gasteiger partial charge in [-0.25, -0.2) is 4.79 Å². The highest BCUT2D eigenvalue weighted by molar-refractivity contribution is 9.10. The second kappa shape index (κ2) is 6.54. The van der Waals surface area contributed by atoms with Gasteiger partial charge >= 0.3 is 6.03 Å². The van der Waals surface area contributed by atoms with Crippen LogP contribution in [0, 0.1) is 6.92 Å². The number of carbonyl (C=O) groups excluding carboxylic acids is 2. The van der Waals surface area contributed by atoms with Gasteiger partial charge in [0.05, 0.1) is 5.69 Å². The van der Waals surface area contributed by atoms with Crippen molar-refractivity contribution in [2.75, 3.05) is 10.6 Å². The van der Waals surface area contributed by atoms with E-state index >= 15 is 0 Å². The van der Waals surface area contributed by atoms with E-state index in [1.165, 1.54) is 6.92 Å². The monoisotopic (exact) mass is 346 g/mol. The molecule has 0 bridgehead atoms. The van der Waals surface area contributed by atoms with Crippen LogP contribution in [0.15, 0.2) is 46.9 Å². The van der Waals surface area contributed by atoms with Gasteiger partial charge in [0.25, 0.3) is 0 Å². The molecule has 0 radical (unpaired) electrons. The molecule has 2 aromatic carbocycles. The molecular weight excluding hydrogens is 332 g/mol. The molecule has 0 aliphatic rings. The topological polar surface area (TPSA) is 58.2 Å². The van der Waals surface area contributed by atoms with Gasteiger partial charge in [-0.05, 0) is 71.7 Å². The number of hydrogen-bond donors (Lipinski definition) is 2. The number of benzene rings is 2. The lowest BCUT2D eigenvalue weighted by molar-refractivity contribution is 0.101. The van der Waals surface area contributed by atoms with E-state index in [4.69, 9.17) is 0 Å². The third-order valence-electron chi connectivity index (χ3n) is 2.92. The Kier molecular flexibility index (Phi) is 4.75. The summed E-state index contributed by atoms with van der Waals surface area (Å²) in [7, 11) is 0. The van der Waals surface area contributed by atoms with Crippen LogP contribution in [0.2, 0.25) is 0 Å². The summed E-state index contributed by atoms with van der Waals surface area (Å²) < 4.78 is 0.815. The standard InChI is InChI=1S/C16H15BrN2O2/c1-10-3-8-14(17)15(9-10)19-16(21)18-13-6-4-12(5-7-13)11(2)20/h3-9H,1-2H3,(H2,18,19,21). The third-order valence-corrected chi connectivity index (χ3v) is 3.61. The molecule has 2 N–H and O–H groups in total. The summed E-state index contributed by atoms with van der Waals surface area (Å²) in [6.07, 6.45) is 0. The van der Waals surface area contributed by atoms with Crippen LogP contribution in [-0.4, -0.2) is 11.8 Å². The van der Waals surface area contributed by atoms with Crippen LogP contribution in [-0.2, 0) is 0 Å². The normalized spacial score (nSPS) is 10.0. The van der Waals surface area contributed by atoms with Crippen molar-refractivity contribution in [2.45, 2.75) is 13.8 Å². The largest absolute Gasteiger partial charge is 0.323 e. The number of carbonyl (C=O) groups is 2. The van der Waals surface area contributed by atoms with Crippen LogP contribution in [0.4, 0.5) is 16.2 Å². The van der Waals surface area contributed by atoms with E-state index in [9.17, 15) is 9.59 Å². The number of amides is 2. The van der Waals surface area contributed by atoms with Crippen molar-refractivity contribution >= 4 is 39.1 Å². The lowest BCUT2D eigenvalue weighted by Crippen LogP contribution is -2.19. The van der Waals surface area contributed by atoms with Crippen molar-refractivity contribution in [3.8, 4) is 0 Å². The molecule has 0 aromatic heterocycles. The zero-order valence-electron chi connectivity index (χ0n) is 11.7. The molecule has 0 saturated carbocycles. The summed E-state index contributed by atoms with van der Waals surface area (Å²) in [5.74, 6) is -0.00491. The van der Waals surface area contributed by atoms with Gasteiger partial charge in [-0.3, -0.25) is 4.79 Å². The molecule has 0 spiro atoms. The average Bonchev–Trinajstić information content (AvgIpc) is 2.43. The van der Waals surface area contributed by atoms with Crippen molar-refractivity contribution in [1.29, 1.82) is 0 Å². The quantitative estimate of drug-likeness (QED) is 0.797. The van der Waals surface area contributed by atoms with Crippen molar-refractivity contribution < 1.29 is 9.59 Å². The van der Waals surface area contributed by atoms with Crippen LogP contribution >= 0.6 is 15.9 Å². The van der Waals surface area contributed by atoms with Crippen LogP contribution in [0.25, 0.3) is 0 Å². The smallest absolute Gasteiger partial charge is 0.308 e. The highest BCUT2D eigenvalue weighted by Crippen LogP contribution is 2.23. The van der Waals surface area contributed by atoms with E-state index in [1.54, 1.807) is 24.3 Å². The molecule has 21 heavy (non-hydrogen) atoms. The molecule has 0 saturated heterocycles. The van der Waals surface area contributed by atoms with E-state index in [-0.39, 0.29) is 11.8 Å². The molecule has 0 unspecified atom stereocenters. The first-order valence-electron chi connectivity index (χ1n) is 6.41. The minimum Gasteiger partial charge on any atom is -0.308 e. The molecular formula is C16H15BrN2O2. The van der Waals surface area contributed by atoms with Gasteiger partial charge in [-0.2, -0.15) is 0 Å². The number of aryl methyl sites for hydroxylation is 1. The zero-order valence-corrected chi connectivity index (χ0v) is 13.3. The first kappa shape index (κ1) is 15.3. The molecule has 0 aliphatic heterocycles. The first-order chi connectivity index (χ1) is 9.95. The Bertz CT molecular complexity index is 681.